The highest BCUT2D eigenvalue weighted by atomic mass is 16.3. The monoisotopic (exact) mass is 191 g/mol. The zero-order chi connectivity index (χ0) is 9.60. The van der Waals surface area contributed by atoms with Crippen LogP contribution < -0.4 is 5.32 Å². The molecule has 0 spiro atoms. The molecule has 2 aliphatic carbocycles. The maximum Gasteiger partial charge on any atom is 0.287 e. The molecule has 1 aromatic heterocycles. The molecule has 0 radical (unpaired) electrons. The largest absolute Gasteiger partial charge is 0.459 e. The maximum atomic E-state index is 11.7. The molecule has 0 bridgehead atoms. The van der Waals surface area contributed by atoms with Gasteiger partial charge in [0.15, 0.2) is 5.76 Å². The van der Waals surface area contributed by atoms with Crippen LogP contribution in [-0.4, -0.2) is 11.4 Å². The molecule has 3 rings (SSSR count). The minimum absolute atomic E-state index is 0.0561. The summed E-state index contributed by atoms with van der Waals surface area (Å²) in [6.07, 6.45) is 6.37. The third kappa shape index (κ3) is 1.08. The quantitative estimate of drug-likeness (QED) is 0.776. The predicted molar refractivity (Wildman–Crippen MR) is 50.9 cm³/mol. The topological polar surface area (TPSA) is 42.2 Å². The summed E-state index contributed by atoms with van der Waals surface area (Å²) >= 11 is 0. The fourth-order valence-electron chi connectivity index (χ4n) is 2.64. The van der Waals surface area contributed by atoms with Crippen molar-refractivity contribution >= 4 is 5.91 Å². The van der Waals surface area contributed by atoms with Gasteiger partial charge in [-0.25, -0.2) is 0 Å². The molecule has 2 unspecified atom stereocenters. The number of nitrogens with one attached hydrogen (secondary N) is 1. The zero-order valence-electron chi connectivity index (χ0n) is 7.95. The average Bonchev–Trinajstić information content (AvgIpc) is 2.62. The summed E-state index contributed by atoms with van der Waals surface area (Å²) in [4.78, 5) is 11.7. The number of hydrogen-bond donors (Lipinski definition) is 1. The van der Waals surface area contributed by atoms with E-state index in [0.29, 0.717) is 5.76 Å². The first-order valence-electron chi connectivity index (χ1n) is 5.16. The number of carbonyl (C=O) groups is 1. The molecule has 3 nitrogen and oxygen atoms in total. The SMILES string of the molecule is O=C(NC12CCCC1C2)c1ccco1. The Morgan fingerprint density at radius 2 is 2.57 bits per heavy atom. The maximum absolute atomic E-state index is 11.7. The summed E-state index contributed by atoms with van der Waals surface area (Å²) in [7, 11) is 0. The van der Waals surface area contributed by atoms with E-state index in [1.807, 2.05) is 0 Å². The molecule has 1 heterocycles. The summed E-state index contributed by atoms with van der Waals surface area (Å²) in [5, 5.41) is 3.10. The lowest BCUT2D eigenvalue weighted by Gasteiger charge is -2.12. The first-order chi connectivity index (χ1) is 6.80. The Labute approximate surface area is 82.5 Å². The van der Waals surface area contributed by atoms with Crippen LogP contribution in [0.4, 0.5) is 0 Å². The molecule has 0 aromatic carbocycles. The van der Waals surface area contributed by atoms with Gasteiger partial charge in [-0.2, -0.15) is 0 Å². The van der Waals surface area contributed by atoms with E-state index in [1.54, 1.807) is 12.1 Å². The van der Waals surface area contributed by atoms with E-state index in [-0.39, 0.29) is 11.4 Å². The van der Waals surface area contributed by atoms with Crippen LogP contribution in [0.2, 0.25) is 0 Å². The molecule has 0 aliphatic heterocycles. The normalized spacial score (nSPS) is 33.9. The highest BCUT2D eigenvalue weighted by Gasteiger charge is 2.57. The molecule has 1 amide bonds. The molecule has 0 saturated heterocycles. The highest BCUT2D eigenvalue weighted by molar-refractivity contribution is 5.92. The third-order valence-electron chi connectivity index (χ3n) is 3.51. The van der Waals surface area contributed by atoms with Crippen LogP contribution in [0.5, 0.6) is 0 Å². The first kappa shape index (κ1) is 8.09. The van der Waals surface area contributed by atoms with Gasteiger partial charge in [-0.15, -0.1) is 0 Å². The van der Waals surface area contributed by atoms with E-state index < -0.39 is 0 Å². The molecule has 3 heteroatoms. The van der Waals surface area contributed by atoms with Crippen LogP contribution in [0, 0.1) is 5.92 Å². The second-order valence-electron chi connectivity index (χ2n) is 4.38. The standard InChI is InChI=1S/C11H13NO2/c13-10(9-4-2-6-14-9)12-11-5-1-3-8(11)7-11/h2,4,6,8H,1,3,5,7H2,(H,12,13). The number of furan rings is 1. The van der Waals surface area contributed by atoms with Crippen molar-refractivity contribution in [1.82, 2.24) is 5.32 Å². The lowest BCUT2D eigenvalue weighted by atomic mass is 10.2. The van der Waals surface area contributed by atoms with Crippen molar-refractivity contribution < 1.29 is 9.21 Å². The summed E-state index contributed by atoms with van der Waals surface area (Å²) < 4.78 is 5.06. The molecular formula is C11H13NO2. The van der Waals surface area contributed by atoms with E-state index in [0.717, 1.165) is 12.3 Å². The molecule has 2 saturated carbocycles. The van der Waals surface area contributed by atoms with Crippen molar-refractivity contribution in [2.24, 2.45) is 5.92 Å². The first-order valence-corrected chi connectivity index (χ1v) is 5.16. The van der Waals surface area contributed by atoms with Gasteiger partial charge in [0, 0.05) is 5.54 Å². The average molecular weight is 191 g/mol. The van der Waals surface area contributed by atoms with Crippen LogP contribution >= 0.6 is 0 Å². The fourth-order valence-corrected chi connectivity index (χ4v) is 2.64. The molecule has 74 valence electrons. The summed E-state index contributed by atoms with van der Waals surface area (Å²) in [5.41, 5.74) is 0.143. The predicted octanol–water partition coefficient (Wildman–Crippen LogP) is 1.95. The number of carbonyl (C=O) groups excluding carboxylic acids is 1. The van der Waals surface area contributed by atoms with Crippen LogP contribution in [0.3, 0.4) is 0 Å². The van der Waals surface area contributed by atoms with Crippen LogP contribution in [0.15, 0.2) is 22.8 Å². The molecule has 2 atom stereocenters. The van der Waals surface area contributed by atoms with Gasteiger partial charge in [-0.05, 0) is 37.3 Å². The van der Waals surface area contributed by atoms with Gasteiger partial charge in [0.05, 0.1) is 6.26 Å². The Hall–Kier alpha value is -1.25. The molecule has 2 aliphatic rings. The Balaban J connectivity index is 1.71. The van der Waals surface area contributed by atoms with E-state index in [9.17, 15) is 4.79 Å². The zero-order valence-corrected chi connectivity index (χ0v) is 7.95. The Bertz CT molecular complexity index is 357. The summed E-state index contributed by atoms with van der Waals surface area (Å²) in [6.45, 7) is 0. The van der Waals surface area contributed by atoms with Crippen LogP contribution in [0.25, 0.3) is 0 Å². The van der Waals surface area contributed by atoms with E-state index in [1.165, 1.54) is 25.5 Å². The second kappa shape index (κ2) is 2.62. The van der Waals surface area contributed by atoms with Crippen LogP contribution in [-0.2, 0) is 0 Å². The highest BCUT2D eigenvalue weighted by Crippen LogP contribution is 2.55. The molecule has 1 aromatic rings. The number of amides is 1. The van der Waals surface area contributed by atoms with Crippen molar-refractivity contribution in [2.45, 2.75) is 31.2 Å². The smallest absolute Gasteiger partial charge is 0.287 e. The van der Waals surface area contributed by atoms with Gasteiger partial charge in [0.2, 0.25) is 0 Å². The number of rotatable bonds is 2. The van der Waals surface area contributed by atoms with E-state index in [4.69, 9.17) is 4.42 Å². The minimum Gasteiger partial charge on any atom is -0.459 e. The van der Waals surface area contributed by atoms with Crippen molar-refractivity contribution in [3.63, 3.8) is 0 Å². The molecule has 1 N–H and O–H groups in total. The van der Waals surface area contributed by atoms with Crippen molar-refractivity contribution in [3.8, 4) is 0 Å². The van der Waals surface area contributed by atoms with Crippen LogP contribution in [0.1, 0.15) is 36.2 Å². The minimum atomic E-state index is -0.0561. The Morgan fingerprint density at radius 3 is 3.14 bits per heavy atom. The fraction of sp³-hybridized carbons (Fsp3) is 0.545. The van der Waals surface area contributed by atoms with Gasteiger partial charge >= 0.3 is 0 Å². The number of fused-ring (bicyclic) bond motifs is 1. The van der Waals surface area contributed by atoms with Gasteiger partial charge in [-0.1, -0.05) is 6.42 Å². The molecular weight excluding hydrogens is 178 g/mol. The Kier molecular flexibility index (Phi) is 1.52. The van der Waals surface area contributed by atoms with Gasteiger partial charge in [-0.3, -0.25) is 4.79 Å². The van der Waals surface area contributed by atoms with E-state index >= 15 is 0 Å². The van der Waals surface area contributed by atoms with Crippen molar-refractivity contribution in [2.75, 3.05) is 0 Å². The third-order valence-corrected chi connectivity index (χ3v) is 3.51. The number of hydrogen-bond acceptors (Lipinski definition) is 2. The van der Waals surface area contributed by atoms with Gasteiger partial charge in [0.25, 0.3) is 5.91 Å². The lowest BCUT2D eigenvalue weighted by molar-refractivity contribution is 0.0901. The molecule has 2 fully saturated rings. The van der Waals surface area contributed by atoms with Gasteiger partial charge in [0.1, 0.15) is 0 Å². The van der Waals surface area contributed by atoms with Crippen molar-refractivity contribution in [3.05, 3.63) is 24.2 Å². The second-order valence-corrected chi connectivity index (χ2v) is 4.38. The van der Waals surface area contributed by atoms with Gasteiger partial charge < -0.3 is 9.73 Å². The lowest BCUT2D eigenvalue weighted by Crippen LogP contribution is -2.36. The summed E-state index contributed by atoms with van der Waals surface area (Å²) in [5.74, 6) is 1.11. The summed E-state index contributed by atoms with van der Waals surface area (Å²) in [6, 6.07) is 3.45. The van der Waals surface area contributed by atoms with Crippen molar-refractivity contribution in [1.29, 1.82) is 0 Å². The Morgan fingerprint density at radius 1 is 1.64 bits per heavy atom. The van der Waals surface area contributed by atoms with E-state index in [2.05, 4.69) is 5.32 Å². The molecule has 14 heavy (non-hydrogen) atoms.